The van der Waals surface area contributed by atoms with Crippen LogP contribution >= 0.6 is 11.6 Å². The van der Waals surface area contributed by atoms with E-state index < -0.39 is 0 Å². The molecule has 0 aliphatic carbocycles. The Bertz CT molecular complexity index is 540. The molecule has 16 heavy (non-hydrogen) atoms. The number of carbonyl (C=O) groups excluding carboxylic acids is 1. The van der Waals surface area contributed by atoms with E-state index in [4.69, 9.17) is 16.3 Å². The predicted octanol–water partition coefficient (Wildman–Crippen LogP) is 3.20. The summed E-state index contributed by atoms with van der Waals surface area (Å²) >= 11 is 6.13. The maximum Gasteiger partial charge on any atom is 0.310 e. The molecule has 2 aromatic rings. The molecule has 0 fully saturated rings. The standard InChI is InChI=1S/C12H10ClNO2/c1-2-11(15)16-10-6-5-9-8(12(10)13)4-3-7-14-9/h3-7H,2H2,1H3. The van der Waals surface area contributed by atoms with Crippen molar-refractivity contribution in [3.8, 4) is 5.75 Å². The summed E-state index contributed by atoms with van der Waals surface area (Å²) in [6, 6.07) is 7.07. The van der Waals surface area contributed by atoms with Crippen molar-refractivity contribution >= 4 is 28.5 Å². The van der Waals surface area contributed by atoms with E-state index in [9.17, 15) is 4.79 Å². The first-order chi connectivity index (χ1) is 7.72. The summed E-state index contributed by atoms with van der Waals surface area (Å²) in [5, 5.41) is 1.21. The molecule has 0 spiro atoms. The molecule has 0 amide bonds. The molecule has 0 unspecified atom stereocenters. The molecule has 0 saturated heterocycles. The van der Waals surface area contributed by atoms with Gasteiger partial charge in [-0.2, -0.15) is 0 Å². The van der Waals surface area contributed by atoms with Gasteiger partial charge in [-0.05, 0) is 24.3 Å². The zero-order valence-corrected chi connectivity index (χ0v) is 9.49. The minimum Gasteiger partial charge on any atom is -0.425 e. The van der Waals surface area contributed by atoms with E-state index in [1.165, 1.54) is 0 Å². The number of fused-ring (bicyclic) bond motifs is 1. The zero-order chi connectivity index (χ0) is 11.5. The van der Waals surface area contributed by atoms with Gasteiger partial charge in [-0.25, -0.2) is 0 Å². The molecular weight excluding hydrogens is 226 g/mol. The van der Waals surface area contributed by atoms with Gasteiger partial charge in [0.05, 0.1) is 10.5 Å². The van der Waals surface area contributed by atoms with Gasteiger partial charge in [-0.3, -0.25) is 9.78 Å². The number of aromatic nitrogens is 1. The Kier molecular flexibility index (Phi) is 3.06. The van der Waals surface area contributed by atoms with Crippen molar-refractivity contribution in [2.24, 2.45) is 0 Å². The second-order valence-corrected chi connectivity index (χ2v) is 3.65. The van der Waals surface area contributed by atoms with Gasteiger partial charge in [-0.1, -0.05) is 18.5 Å². The van der Waals surface area contributed by atoms with E-state index in [-0.39, 0.29) is 5.97 Å². The Morgan fingerprint density at radius 3 is 3.00 bits per heavy atom. The van der Waals surface area contributed by atoms with Gasteiger partial charge in [0.2, 0.25) is 0 Å². The topological polar surface area (TPSA) is 39.2 Å². The first-order valence-electron chi connectivity index (χ1n) is 4.96. The lowest BCUT2D eigenvalue weighted by molar-refractivity contribution is -0.134. The van der Waals surface area contributed by atoms with Crippen LogP contribution in [0.1, 0.15) is 13.3 Å². The maximum absolute atomic E-state index is 11.2. The summed E-state index contributed by atoms with van der Waals surface area (Å²) in [7, 11) is 0. The molecule has 0 saturated carbocycles. The second-order valence-electron chi connectivity index (χ2n) is 3.28. The van der Waals surface area contributed by atoms with Crippen molar-refractivity contribution in [1.82, 2.24) is 4.98 Å². The average Bonchev–Trinajstić information content (AvgIpc) is 2.33. The summed E-state index contributed by atoms with van der Waals surface area (Å²) in [6.07, 6.45) is 2.01. The molecule has 1 aromatic carbocycles. The van der Waals surface area contributed by atoms with Gasteiger partial charge < -0.3 is 4.74 Å². The number of pyridine rings is 1. The van der Waals surface area contributed by atoms with Crippen molar-refractivity contribution in [3.05, 3.63) is 35.5 Å². The largest absolute Gasteiger partial charge is 0.425 e. The maximum atomic E-state index is 11.2. The highest BCUT2D eigenvalue weighted by atomic mass is 35.5. The summed E-state index contributed by atoms with van der Waals surface area (Å²) in [6.45, 7) is 1.73. The second kappa shape index (κ2) is 4.49. The highest BCUT2D eigenvalue weighted by Gasteiger charge is 2.09. The molecule has 0 aliphatic rings. The average molecular weight is 236 g/mol. The van der Waals surface area contributed by atoms with Crippen molar-refractivity contribution in [2.75, 3.05) is 0 Å². The first kappa shape index (κ1) is 10.9. The van der Waals surface area contributed by atoms with Gasteiger partial charge in [0.15, 0.2) is 0 Å². The SMILES string of the molecule is CCC(=O)Oc1ccc2ncccc2c1Cl. The highest BCUT2D eigenvalue weighted by molar-refractivity contribution is 6.37. The Hall–Kier alpha value is -1.61. The van der Waals surface area contributed by atoms with Crippen LogP contribution in [0.15, 0.2) is 30.5 Å². The van der Waals surface area contributed by atoms with Crippen LogP contribution in [0.2, 0.25) is 5.02 Å². The van der Waals surface area contributed by atoms with Gasteiger partial charge >= 0.3 is 5.97 Å². The van der Waals surface area contributed by atoms with Crippen molar-refractivity contribution in [3.63, 3.8) is 0 Å². The molecule has 82 valence electrons. The minimum atomic E-state index is -0.301. The minimum absolute atomic E-state index is 0.301. The molecular formula is C12H10ClNO2. The van der Waals surface area contributed by atoms with E-state index in [1.807, 2.05) is 6.07 Å². The third kappa shape index (κ3) is 1.99. The van der Waals surface area contributed by atoms with E-state index >= 15 is 0 Å². The number of hydrogen-bond donors (Lipinski definition) is 0. The molecule has 0 radical (unpaired) electrons. The van der Waals surface area contributed by atoms with Crippen LogP contribution in [0.25, 0.3) is 10.9 Å². The number of halogens is 1. The molecule has 2 rings (SSSR count). The smallest absolute Gasteiger partial charge is 0.310 e. The van der Waals surface area contributed by atoms with Crippen LogP contribution in [0.5, 0.6) is 5.75 Å². The number of carbonyl (C=O) groups is 1. The van der Waals surface area contributed by atoms with Crippen LogP contribution < -0.4 is 4.74 Å². The number of ether oxygens (including phenoxy) is 1. The molecule has 0 aliphatic heterocycles. The Labute approximate surface area is 98.0 Å². The molecule has 1 aromatic heterocycles. The van der Waals surface area contributed by atoms with Crippen LogP contribution in [0.3, 0.4) is 0 Å². The zero-order valence-electron chi connectivity index (χ0n) is 8.74. The third-order valence-corrected chi connectivity index (χ3v) is 2.59. The molecule has 0 atom stereocenters. The van der Waals surface area contributed by atoms with E-state index in [0.29, 0.717) is 17.2 Å². The number of benzene rings is 1. The number of esters is 1. The van der Waals surface area contributed by atoms with Crippen LogP contribution in [0.4, 0.5) is 0 Å². The Morgan fingerprint density at radius 1 is 1.44 bits per heavy atom. The Balaban J connectivity index is 2.48. The van der Waals surface area contributed by atoms with Crippen molar-refractivity contribution < 1.29 is 9.53 Å². The van der Waals surface area contributed by atoms with Crippen LogP contribution in [0, 0.1) is 0 Å². The van der Waals surface area contributed by atoms with Gasteiger partial charge in [0.1, 0.15) is 5.75 Å². The molecule has 0 bridgehead atoms. The lowest BCUT2D eigenvalue weighted by Gasteiger charge is -2.06. The number of rotatable bonds is 2. The highest BCUT2D eigenvalue weighted by Crippen LogP contribution is 2.31. The molecule has 3 nitrogen and oxygen atoms in total. The van der Waals surface area contributed by atoms with Gasteiger partial charge in [0.25, 0.3) is 0 Å². The van der Waals surface area contributed by atoms with Gasteiger partial charge in [-0.15, -0.1) is 0 Å². The monoisotopic (exact) mass is 235 g/mol. The van der Waals surface area contributed by atoms with E-state index in [1.54, 1.807) is 31.3 Å². The normalized spacial score (nSPS) is 10.4. The fourth-order valence-corrected chi connectivity index (χ4v) is 1.63. The van der Waals surface area contributed by atoms with Crippen LogP contribution in [-0.4, -0.2) is 11.0 Å². The molecule has 4 heteroatoms. The fraction of sp³-hybridized carbons (Fsp3) is 0.167. The van der Waals surface area contributed by atoms with Crippen molar-refractivity contribution in [1.29, 1.82) is 0 Å². The number of hydrogen-bond acceptors (Lipinski definition) is 3. The first-order valence-corrected chi connectivity index (χ1v) is 5.34. The molecule has 1 heterocycles. The summed E-state index contributed by atoms with van der Waals surface area (Å²) in [4.78, 5) is 15.3. The fourth-order valence-electron chi connectivity index (χ4n) is 1.37. The van der Waals surface area contributed by atoms with E-state index in [2.05, 4.69) is 4.98 Å². The Morgan fingerprint density at radius 2 is 2.25 bits per heavy atom. The lowest BCUT2D eigenvalue weighted by Crippen LogP contribution is -2.05. The summed E-state index contributed by atoms with van der Waals surface area (Å²) in [5.74, 6) is 0.0826. The van der Waals surface area contributed by atoms with Gasteiger partial charge in [0, 0.05) is 18.0 Å². The number of nitrogens with zero attached hydrogens (tertiary/aromatic N) is 1. The summed E-state index contributed by atoms with van der Waals surface area (Å²) < 4.78 is 5.10. The quantitative estimate of drug-likeness (QED) is 0.593. The van der Waals surface area contributed by atoms with Crippen LogP contribution in [-0.2, 0) is 4.79 Å². The van der Waals surface area contributed by atoms with E-state index in [0.717, 1.165) is 10.9 Å². The summed E-state index contributed by atoms with van der Waals surface area (Å²) in [5.41, 5.74) is 0.781. The van der Waals surface area contributed by atoms with Crippen molar-refractivity contribution in [2.45, 2.75) is 13.3 Å². The third-order valence-electron chi connectivity index (χ3n) is 2.20. The molecule has 0 N–H and O–H groups in total. The predicted molar refractivity (Wildman–Crippen MR) is 62.7 cm³/mol. The lowest BCUT2D eigenvalue weighted by atomic mass is 10.2.